The van der Waals surface area contributed by atoms with Gasteiger partial charge in [-0.15, -0.1) is 0 Å². The number of para-hydroxylation sites is 1. The number of rotatable bonds is 8. The summed E-state index contributed by atoms with van der Waals surface area (Å²) in [7, 11) is 1.62. The number of carbonyl (C=O) groups excluding carboxylic acids is 1. The number of thioether (sulfide) groups is 1. The molecule has 38 heavy (non-hydrogen) atoms. The molecule has 0 saturated carbocycles. The normalized spacial score (nSPS) is 14.4. The number of hydrogen-bond acceptors (Lipinski definition) is 6. The third kappa shape index (κ3) is 5.48. The van der Waals surface area contributed by atoms with Crippen molar-refractivity contribution in [3.05, 3.63) is 100 Å². The van der Waals surface area contributed by atoms with Crippen molar-refractivity contribution in [1.29, 1.82) is 0 Å². The number of hydrogen-bond donors (Lipinski definition) is 0. The van der Waals surface area contributed by atoms with E-state index in [4.69, 9.17) is 38.4 Å². The van der Waals surface area contributed by atoms with Gasteiger partial charge in [-0.1, -0.05) is 65.9 Å². The number of amides is 1. The van der Waals surface area contributed by atoms with E-state index in [1.807, 2.05) is 92.0 Å². The van der Waals surface area contributed by atoms with Crippen LogP contribution in [0.15, 0.2) is 83.9 Å². The number of nitrogens with zero attached hydrogens (tertiary/aromatic N) is 3. The van der Waals surface area contributed by atoms with Gasteiger partial charge in [0, 0.05) is 17.3 Å². The Kier molecular flexibility index (Phi) is 7.83. The van der Waals surface area contributed by atoms with Crippen molar-refractivity contribution in [1.82, 2.24) is 14.7 Å². The van der Waals surface area contributed by atoms with Crippen molar-refractivity contribution in [3.8, 4) is 28.4 Å². The van der Waals surface area contributed by atoms with E-state index < -0.39 is 0 Å². The fourth-order valence-corrected chi connectivity index (χ4v) is 5.52. The third-order valence-corrected chi connectivity index (χ3v) is 7.60. The summed E-state index contributed by atoms with van der Waals surface area (Å²) in [6.45, 7) is 2.82. The largest absolute Gasteiger partial charge is 0.497 e. The molecule has 0 spiro atoms. The van der Waals surface area contributed by atoms with E-state index in [1.165, 1.54) is 11.8 Å². The molecule has 1 aliphatic heterocycles. The summed E-state index contributed by atoms with van der Waals surface area (Å²) in [5.74, 6) is 1.23. The van der Waals surface area contributed by atoms with Crippen LogP contribution < -0.4 is 9.47 Å². The number of benzene rings is 3. The average molecular weight is 562 g/mol. The Balaban J connectivity index is 1.50. The second-order valence-electron chi connectivity index (χ2n) is 8.41. The highest BCUT2D eigenvalue weighted by atomic mass is 35.5. The molecule has 1 amide bonds. The summed E-state index contributed by atoms with van der Waals surface area (Å²) in [5, 5.41) is 5.35. The highest BCUT2D eigenvalue weighted by molar-refractivity contribution is 8.26. The maximum atomic E-state index is 13.4. The minimum atomic E-state index is -0.140. The summed E-state index contributed by atoms with van der Waals surface area (Å²) in [6.07, 6.45) is 3.75. The molecule has 0 aliphatic carbocycles. The summed E-state index contributed by atoms with van der Waals surface area (Å²) in [5.41, 5.74) is 4.15. The van der Waals surface area contributed by atoms with Gasteiger partial charge >= 0.3 is 0 Å². The van der Waals surface area contributed by atoms with Gasteiger partial charge in [0.2, 0.25) is 0 Å². The number of thiocarbonyl (C=S) groups is 1. The molecular weight excluding hydrogens is 538 g/mol. The number of ether oxygens (including phenoxy) is 2. The first-order valence-electron chi connectivity index (χ1n) is 11.9. The molecule has 0 unspecified atom stereocenters. The van der Waals surface area contributed by atoms with Crippen LogP contribution in [-0.2, 0) is 11.3 Å². The van der Waals surface area contributed by atoms with Crippen LogP contribution in [0.25, 0.3) is 23.0 Å². The summed E-state index contributed by atoms with van der Waals surface area (Å²) < 4.78 is 13.1. The topological polar surface area (TPSA) is 56.6 Å². The SMILES string of the molecule is CCOc1ccc(-c2nn(-c3ccccc3)cc2/C=C2\SC(=S)N(Cc3ccc(OC)cc3)C2=O)cc1Cl. The van der Waals surface area contributed by atoms with Crippen molar-refractivity contribution in [2.45, 2.75) is 13.5 Å². The third-order valence-electron chi connectivity index (χ3n) is 5.93. The molecule has 0 atom stereocenters. The number of methoxy groups -OCH3 is 1. The smallest absolute Gasteiger partial charge is 0.266 e. The van der Waals surface area contributed by atoms with Gasteiger partial charge in [0.1, 0.15) is 21.5 Å². The number of halogens is 1. The van der Waals surface area contributed by atoms with E-state index in [-0.39, 0.29) is 5.91 Å². The van der Waals surface area contributed by atoms with Crippen LogP contribution in [0.2, 0.25) is 5.02 Å². The second-order valence-corrected chi connectivity index (χ2v) is 10.5. The van der Waals surface area contributed by atoms with Crippen LogP contribution in [0, 0.1) is 0 Å². The Morgan fingerprint density at radius 2 is 1.84 bits per heavy atom. The molecule has 4 aromatic rings. The summed E-state index contributed by atoms with van der Waals surface area (Å²) in [4.78, 5) is 15.6. The molecule has 0 N–H and O–H groups in total. The highest BCUT2D eigenvalue weighted by Gasteiger charge is 2.32. The lowest BCUT2D eigenvalue weighted by molar-refractivity contribution is -0.122. The zero-order valence-corrected chi connectivity index (χ0v) is 23.1. The lowest BCUT2D eigenvalue weighted by Crippen LogP contribution is -2.27. The van der Waals surface area contributed by atoms with Gasteiger partial charge in [-0.05, 0) is 61.0 Å². The lowest BCUT2D eigenvalue weighted by Gasteiger charge is -2.14. The molecule has 9 heteroatoms. The first-order valence-corrected chi connectivity index (χ1v) is 13.5. The van der Waals surface area contributed by atoms with Crippen LogP contribution >= 0.6 is 35.6 Å². The number of carbonyl (C=O) groups is 1. The Labute approximate surface area is 235 Å². The van der Waals surface area contributed by atoms with Gasteiger partial charge in [0.15, 0.2) is 0 Å². The van der Waals surface area contributed by atoms with E-state index in [0.717, 1.165) is 28.1 Å². The van der Waals surface area contributed by atoms with Crippen LogP contribution in [0.3, 0.4) is 0 Å². The highest BCUT2D eigenvalue weighted by Crippen LogP contribution is 2.37. The first kappa shape index (κ1) is 26.0. The fourth-order valence-electron chi connectivity index (χ4n) is 4.04. The molecule has 2 heterocycles. The number of aromatic nitrogens is 2. The summed E-state index contributed by atoms with van der Waals surface area (Å²) in [6, 6.07) is 23.0. The van der Waals surface area contributed by atoms with Crippen molar-refractivity contribution in [2.24, 2.45) is 0 Å². The monoisotopic (exact) mass is 561 g/mol. The zero-order valence-electron chi connectivity index (χ0n) is 20.8. The van der Waals surface area contributed by atoms with Crippen LogP contribution in [-0.4, -0.2) is 38.6 Å². The molecule has 0 radical (unpaired) electrons. The van der Waals surface area contributed by atoms with Crippen molar-refractivity contribution >= 4 is 51.9 Å². The molecule has 0 bridgehead atoms. The predicted octanol–water partition coefficient (Wildman–Crippen LogP) is 7.00. The van der Waals surface area contributed by atoms with Gasteiger partial charge in [-0.3, -0.25) is 9.69 Å². The maximum absolute atomic E-state index is 13.4. The Hall–Kier alpha value is -3.59. The lowest BCUT2D eigenvalue weighted by atomic mass is 10.1. The maximum Gasteiger partial charge on any atom is 0.266 e. The minimum absolute atomic E-state index is 0.140. The van der Waals surface area contributed by atoms with E-state index in [0.29, 0.717) is 38.8 Å². The van der Waals surface area contributed by atoms with Gasteiger partial charge in [0.05, 0.1) is 35.9 Å². The Morgan fingerprint density at radius 1 is 1.08 bits per heavy atom. The second kappa shape index (κ2) is 11.4. The van der Waals surface area contributed by atoms with Crippen molar-refractivity contribution < 1.29 is 14.3 Å². The van der Waals surface area contributed by atoms with Gasteiger partial charge < -0.3 is 9.47 Å². The quantitative estimate of drug-likeness (QED) is 0.170. The molecule has 1 aliphatic rings. The molecule has 1 saturated heterocycles. The summed E-state index contributed by atoms with van der Waals surface area (Å²) >= 11 is 13.4. The molecular formula is C29H24ClN3O3S2. The van der Waals surface area contributed by atoms with E-state index in [9.17, 15) is 4.79 Å². The van der Waals surface area contributed by atoms with Crippen molar-refractivity contribution in [2.75, 3.05) is 13.7 Å². The minimum Gasteiger partial charge on any atom is -0.497 e. The van der Waals surface area contributed by atoms with Gasteiger partial charge in [-0.25, -0.2) is 4.68 Å². The molecule has 192 valence electrons. The van der Waals surface area contributed by atoms with Crippen molar-refractivity contribution in [3.63, 3.8) is 0 Å². The van der Waals surface area contributed by atoms with Crippen LogP contribution in [0.5, 0.6) is 11.5 Å². The molecule has 3 aromatic carbocycles. The van der Waals surface area contributed by atoms with Crippen LogP contribution in [0.1, 0.15) is 18.1 Å². The first-order chi connectivity index (χ1) is 18.5. The zero-order chi connectivity index (χ0) is 26.6. The van der Waals surface area contributed by atoms with Gasteiger partial charge in [0.25, 0.3) is 5.91 Å². The standard InChI is InChI=1S/C29H24ClN3O3S2/c1-3-36-25-14-11-20(15-24(25)30)27-21(18-33(31-27)22-7-5-4-6-8-22)16-26-28(34)32(29(37)38-26)17-19-9-12-23(35-2)13-10-19/h4-16,18H,3,17H2,1-2H3/b26-16-. The molecule has 6 nitrogen and oxygen atoms in total. The molecule has 1 fully saturated rings. The van der Waals surface area contributed by atoms with E-state index in [2.05, 4.69) is 0 Å². The fraction of sp³-hybridized carbons (Fsp3) is 0.138. The van der Waals surface area contributed by atoms with E-state index in [1.54, 1.807) is 16.7 Å². The van der Waals surface area contributed by atoms with E-state index >= 15 is 0 Å². The predicted molar refractivity (Wildman–Crippen MR) is 157 cm³/mol. The van der Waals surface area contributed by atoms with Gasteiger partial charge in [-0.2, -0.15) is 5.10 Å². The Bertz CT molecular complexity index is 1520. The average Bonchev–Trinajstić information content (AvgIpc) is 3.47. The Morgan fingerprint density at radius 3 is 2.53 bits per heavy atom. The molecule has 1 aromatic heterocycles. The van der Waals surface area contributed by atoms with Crippen LogP contribution in [0.4, 0.5) is 0 Å². The molecule has 5 rings (SSSR count).